The smallest absolute Gasteiger partial charge is 0.220 e. The molecule has 3 rings (SSSR count). The zero-order valence-corrected chi connectivity index (χ0v) is 14.3. The molecule has 0 saturated carbocycles. The summed E-state index contributed by atoms with van der Waals surface area (Å²) in [6.07, 6.45) is 4.73. The highest BCUT2D eigenvalue weighted by Gasteiger charge is 2.13. The molecular weight excluding hydrogens is 322 g/mol. The minimum Gasteiger partial charge on any atom is -0.357 e. The normalized spacial score (nSPS) is 13.9. The molecule has 1 amide bonds. The van der Waals surface area contributed by atoms with Crippen LogP contribution in [0.3, 0.4) is 0 Å². The lowest BCUT2D eigenvalue weighted by molar-refractivity contribution is -0.121. The molecule has 0 aliphatic carbocycles. The number of carbonyl (C=O) groups is 2. The van der Waals surface area contributed by atoms with Crippen LogP contribution in [-0.2, 0) is 11.3 Å². The van der Waals surface area contributed by atoms with Crippen molar-refractivity contribution >= 4 is 28.8 Å². The third kappa shape index (κ3) is 4.41. The Balaban J connectivity index is 1.41. The van der Waals surface area contributed by atoms with Gasteiger partial charge in [0.05, 0.1) is 4.88 Å². The van der Waals surface area contributed by atoms with Gasteiger partial charge in [-0.05, 0) is 35.9 Å². The van der Waals surface area contributed by atoms with Crippen molar-refractivity contribution < 1.29 is 9.59 Å². The van der Waals surface area contributed by atoms with Crippen molar-refractivity contribution in [2.75, 3.05) is 18.0 Å². The summed E-state index contributed by atoms with van der Waals surface area (Å²) in [5.74, 6) is 0.921. The Hall–Kier alpha value is -2.21. The lowest BCUT2D eigenvalue weighted by Gasteiger charge is -2.16. The summed E-state index contributed by atoms with van der Waals surface area (Å²) in [6.45, 7) is 2.59. The van der Waals surface area contributed by atoms with Crippen LogP contribution in [0.25, 0.3) is 0 Å². The Labute approximate surface area is 145 Å². The van der Waals surface area contributed by atoms with Gasteiger partial charge in [0.25, 0.3) is 0 Å². The summed E-state index contributed by atoms with van der Waals surface area (Å²) in [5, 5.41) is 4.71. The average Bonchev–Trinajstić information content (AvgIpc) is 3.31. The highest BCUT2D eigenvalue weighted by atomic mass is 32.1. The van der Waals surface area contributed by atoms with E-state index >= 15 is 0 Å². The molecule has 0 radical (unpaired) electrons. The van der Waals surface area contributed by atoms with Crippen molar-refractivity contribution in [3.05, 3.63) is 46.3 Å². The molecule has 0 spiro atoms. The second-order valence-corrected chi connectivity index (χ2v) is 6.84. The third-order valence-corrected chi connectivity index (χ3v) is 5.01. The van der Waals surface area contributed by atoms with Crippen LogP contribution in [0.15, 0.2) is 35.8 Å². The molecule has 0 atom stereocenters. The Morgan fingerprint density at radius 3 is 2.67 bits per heavy atom. The second kappa shape index (κ2) is 8.06. The SMILES string of the molecule is O=C(CCC(=O)c1cccs1)NCc1ccc(N2CCCC2)nc1. The highest BCUT2D eigenvalue weighted by Crippen LogP contribution is 2.17. The topological polar surface area (TPSA) is 62.3 Å². The molecule has 1 N–H and O–H groups in total. The van der Waals surface area contributed by atoms with Crippen LogP contribution in [0, 0.1) is 0 Å². The Morgan fingerprint density at radius 2 is 2.00 bits per heavy atom. The van der Waals surface area contributed by atoms with E-state index in [1.165, 1.54) is 24.2 Å². The fourth-order valence-corrected chi connectivity index (χ4v) is 3.43. The van der Waals surface area contributed by atoms with Crippen molar-refractivity contribution in [2.24, 2.45) is 0 Å². The zero-order valence-electron chi connectivity index (χ0n) is 13.5. The van der Waals surface area contributed by atoms with Gasteiger partial charge in [-0.2, -0.15) is 0 Å². The Morgan fingerprint density at radius 1 is 1.17 bits per heavy atom. The summed E-state index contributed by atoms with van der Waals surface area (Å²) in [5.41, 5.74) is 0.968. The molecular formula is C18H21N3O2S. The van der Waals surface area contributed by atoms with E-state index in [9.17, 15) is 9.59 Å². The van der Waals surface area contributed by atoms with Gasteiger partial charge in [0.1, 0.15) is 5.82 Å². The van der Waals surface area contributed by atoms with Crippen LogP contribution >= 0.6 is 11.3 Å². The summed E-state index contributed by atoms with van der Waals surface area (Å²) < 4.78 is 0. The van der Waals surface area contributed by atoms with Crippen LogP contribution in [0.4, 0.5) is 5.82 Å². The van der Waals surface area contributed by atoms with Gasteiger partial charge >= 0.3 is 0 Å². The molecule has 1 saturated heterocycles. The van der Waals surface area contributed by atoms with E-state index in [1.807, 2.05) is 29.8 Å². The van der Waals surface area contributed by atoms with Crippen molar-refractivity contribution in [1.29, 1.82) is 0 Å². The number of pyridine rings is 1. The number of carbonyl (C=O) groups excluding carboxylic acids is 2. The van der Waals surface area contributed by atoms with Crippen molar-refractivity contribution in [3.8, 4) is 0 Å². The molecule has 3 heterocycles. The summed E-state index contributed by atoms with van der Waals surface area (Å²) in [7, 11) is 0. The fourth-order valence-electron chi connectivity index (χ4n) is 2.73. The van der Waals surface area contributed by atoms with Crippen molar-refractivity contribution in [2.45, 2.75) is 32.2 Å². The highest BCUT2D eigenvalue weighted by molar-refractivity contribution is 7.12. The number of aromatic nitrogens is 1. The van der Waals surface area contributed by atoms with E-state index in [2.05, 4.69) is 15.2 Å². The molecule has 0 unspecified atom stereocenters. The van der Waals surface area contributed by atoms with Gasteiger partial charge < -0.3 is 10.2 Å². The summed E-state index contributed by atoms with van der Waals surface area (Å²) in [4.78, 5) is 31.2. The lowest BCUT2D eigenvalue weighted by Crippen LogP contribution is -2.23. The molecule has 1 aliphatic heterocycles. The summed E-state index contributed by atoms with van der Waals surface area (Å²) in [6, 6.07) is 7.64. The van der Waals surface area contributed by atoms with Crippen LogP contribution in [0.5, 0.6) is 0 Å². The lowest BCUT2D eigenvalue weighted by atomic mass is 10.2. The van der Waals surface area contributed by atoms with Crippen molar-refractivity contribution in [3.63, 3.8) is 0 Å². The molecule has 5 nitrogen and oxygen atoms in total. The number of Topliss-reactive ketones (excluding diaryl/α,β-unsaturated/α-hetero) is 1. The molecule has 1 fully saturated rings. The van der Waals surface area contributed by atoms with Crippen LogP contribution < -0.4 is 10.2 Å². The number of anilines is 1. The van der Waals surface area contributed by atoms with Gasteiger partial charge in [-0.15, -0.1) is 11.3 Å². The number of nitrogens with one attached hydrogen (secondary N) is 1. The quantitative estimate of drug-likeness (QED) is 0.785. The Kier molecular flexibility index (Phi) is 5.59. The van der Waals surface area contributed by atoms with E-state index in [1.54, 1.807) is 6.07 Å². The third-order valence-electron chi connectivity index (χ3n) is 4.10. The van der Waals surface area contributed by atoms with Gasteiger partial charge in [-0.1, -0.05) is 12.1 Å². The monoisotopic (exact) mass is 343 g/mol. The first kappa shape index (κ1) is 16.6. The van der Waals surface area contributed by atoms with Gasteiger partial charge in [0.15, 0.2) is 5.78 Å². The largest absolute Gasteiger partial charge is 0.357 e. The second-order valence-electron chi connectivity index (χ2n) is 5.90. The van der Waals surface area contributed by atoms with E-state index < -0.39 is 0 Å². The number of amides is 1. The summed E-state index contributed by atoms with van der Waals surface area (Å²) >= 11 is 1.41. The first-order valence-electron chi connectivity index (χ1n) is 8.25. The van der Waals surface area contributed by atoms with E-state index in [4.69, 9.17) is 0 Å². The average molecular weight is 343 g/mol. The molecule has 0 aromatic carbocycles. The Bertz CT molecular complexity index is 677. The molecule has 126 valence electrons. The van der Waals surface area contributed by atoms with Gasteiger partial charge in [-0.25, -0.2) is 4.98 Å². The molecule has 24 heavy (non-hydrogen) atoms. The van der Waals surface area contributed by atoms with Gasteiger partial charge in [0, 0.05) is 38.7 Å². The first-order chi connectivity index (χ1) is 11.7. The number of thiophene rings is 1. The van der Waals surface area contributed by atoms with Crippen molar-refractivity contribution in [1.82, 2.24) is 10.3 Å². The van der Waals surface area contributed by atoms with Gasteiger partial charge in [0.2, 0.25) is 5.91 Å². The maximum absolute atomic E-state index is 11.9. The van der Waals surface area contributed by atoms with Gasteiger partial charge in [-0.3, -0.25) is 9.59 Å². The maximum Gasteiger partial charge on any atom is 0.220 e. The van der Waals surface area contributed by atoms with Crippen LogP contribution in [0.2, 0.25) is 0 Å². The predicted octanol–water partition coefficient (Wildman–Crippen LogP) is 3.02. The van der Waals surface area contributed by atoms with E-state index in [0.717, 1.165) is 24.5 Å². The molecule has 1 aliphatic rings. The zero-order chi connectivity index (χ0) is 16.8. The first-order valence-corrected chi connectivity index (χ1v) is 9.13. The fraction of sp³-hybridized carbons (Fsp3) is 0.389. The number of hydrogen-bond donors (Lipinski definition) is 1. The number of nitrogens with zero attached hydrogens (tertiary/aromatic N) is 2. The molecule has 6 heteroatoms. The van der Waals surface area contributed by atoms with Crippen LogP contribution in [0.1, 0.15) is 40.9 Å². The number of hydrogen-bond acceptors (Lipinski definition) is 5. The van der Waals surface area contributed by atoms with E-state index in [0.29, 0.717) is 11.4 Å². The standard InChI is InChI=1S/C18H21N3O2S/c22-15(16-4-3-11-24-16)6-8-18(23)20-13-14-5-7-17(19-12-14)21-9-1-2-10-21/h3-5,7,11-12H,1-2,6,8-10,13H2,(H,20,23). The molecule has 2 aromatic heterocycles. The minimum absolute atomic E-state index is 0.0248. The molecule has 0 bridgehead atoms. The molecule has 2 aromatic rings. The number of ketones is 1. The van der Waals surface area contributed by atoms with E-state index in [-0.39, 0.29) is 24.5 Å². The number of rotatable bonds is 7. The maximum atomic E-state index is 11.9. The van der Waals surface area contributed by atoms with Crippen LogP contribution in [-0.4, -0.2) is 29.8 Å². The minimum atomic E-state index is -0.108. The predicted molar refractivity (Wildman–Crippen MR) is 95.4 cm³/mol.